The van der Waals surface area contributed by atoms with E-state index in [1.54, 1.807) is 20.8 Å². The number of carbonyl (C=O) groups excluding carboxylic acids is 5. The van der Waals surface area contributed by atoms with E-state index in [4.69, 9.17) is 4.74 Å². The monoisotopic (exact) mass is 576 g/mol. The Bertz CT molecular complexity index is 957. The molecule has 0 aromatic heterocycles. The molecule has 0 aromatic carbocycles. The minimum absolute atomic E-state index is 0.110. The highest BCUT2D eigenvalue weighted by Crippen LogP contribution is 2.34. The molecule has 41 heavy (non-hydrogen) atoms. The number of rotatable bonds is 6. The molecule has 2 aliphatic heterocycles. The molecule has 2 heterocycles. The van der Waals surface area contributed by atoms with E-state index in [-0.39, 0.29) is 24.3 Å². The first-order valence-corrected chi connectivity index (χ1v) is 15.4. The van der Waals surface area contributed by atoms with Crippen molar-refractivity contribution in [2.24, 2.45) is 11.8 Å². The van der Waals surface area contributed by atoms with Gasteiger partial charge in [0, 0.05) is 19.0 Å². The summed E-state index contributed by atoms with van der Waals surface area (Å²) in [6, 6.07) is -2.88. The SMILES string of the molecule is C=C1[C@H]2C(=O)N[C@H](C(=O)C(=O)NCCC)CCCCCCCCC[C@H](NC(=O)OC(C)(C)C)C(=O)N2C[C@@H]1C(C)C. The average Bonchev–Trinajstić information content (AvgIpc) is 3.24. The minimum atomic E-state index is -1.01. The van der Waals surface area contributed by atoms with Gasteiger partial charge in [0.1, 0.15) is 17.7 Å². The fraction of sp³-hybridized carbons (Fsp3) is 0.774. The lowest BCUT2D eigenvalue weighted by Gasteiger charge is -2.30. The van der Waals surface area contributed by atoms with Crippen molar-refractivity contribution >= 4 is 29.6 Å². The number of amides is 4. The predicted molar refractivity (Wildman–Crippen MR) is 158 cm³/mol. The molecular weight excluding hydrogens is 524 g/mol. The van der Waals surface area contributed by atoms with Gasteiger partial charge >= 0.3 is 6.09 Å². The van der Waals surface area contributed by atoms with Crippen molar-refractivity contribution in [1.29, 1.82) is 0 Å². The van der Waals surface area contributed by atoms with E-state index in [1.807, 2.05) is 20.8 Å². The Morgan fingerprint density at radius 2 is 1.61 bits per heavy atom. The zero-order chi connectivity index (χ0) is 30.7. The fourth-order valence-corrected chi connectivity index (χ4v) is 5.50. The molecular formula is C31H52N4O6. The molecule has 0 radical (unpaired) electrons. The summed E-state index contributed by atoms with van der Waals surface area (Å²) in [4.78, 5) is 67.7. The summed E-state index contributed by atoms with van der Waals surface area (Å²) in [5.41, 5.74) is -0.145. The Morgan fingerprint density at radius 3 is 2.17 bits per heavy atom. The molecule has 0 aromatic rings. The van der Waals surface area contributed by atoms with Crippen molar-refractivity contribution < 1.29 is 28.7 Å². The Hall–Kier alpha value is -2.91. The number of hydrogen-bond donors (Lipinski definition) is 3. The van der Waals surface area contributed by atoms with Crippen LogP contribution in [0.4, 0.5) is 4.79 Å². The number of alkyl carbamates (subject to hydrolysis) is 1. The van der Waals surface area contributed by atoms with Gasteiger partial charge in [-0.1, -0.05) is 72.3 Å². The van der Waals surface area contributed by atoms with E-state index in [9.17, 15) is 24.0 Å². The average molecular weight is 577 g/mol. The number of hydrogen-bond acceptors (Lipinski definition) is 6. The molecule has 4 amide bonds. The maximum Gasteiger partial charge on any atom is 0.408 e. The third-order valence-corrected chi connectivity index (χ3v) is 7.74. The Morgan fingerprint density at radius 1 is 1.02 bits per heavy atom. The smallest absolute Gasteiger partial charge is 0.408 e. The summed E-state index contributed by atoms with van der Waals surface area (Å²) < 4.78 is 5.44. The van der Waals surface area contributed by atoms with Gasteiger partial charge in [0.25, 0.3) is 5.91 Å². The number of nitrogens with one attached hydrogen (secondary N) is 3. The van der Waals surface area contributed by atoms with Gasteiger partial charge in [0.05, 0.1) is 6.04 Å². The van der Waals surface area contributed by atoms with Crippen molar-refractivity contribution in [3.8, 4) is 0 Å². The van der Waals surface area contributed by atoms with Crippen molar-refractivity contribution in [3.63, 3.8) is 0 Å². The third-order valence-electron chi connectivity index (χ3n) is 7.74. The van der Waals surface area contributed by atoms with E-state index in [2.05, 4.69) is 22.5 Å². The van der Waals surface area contributed by atoms with Gasteiger partial charge in [-0.15, -0.1) is 0 Å². The zero-order valence-corrected chi connectivity index (χ0v) is 26.0. The molecule has 0 bridgehead atoms. The highest BCUT2D eigenvalue weighted by Gasteiger charge is 2.46. The molecule has 232 valence electrons. The van der Waals surface area contributed by atoms with Crippen LogP contribution in [0.2, 0.25) is 0 Å². The molecule has 0 spiro atoms. The first kappa shape index (κ1) is 34.3. The standard InChI is InChI=1S/C31H52N4O6/c1-8-18-32-28(38)26(36)23-16-14-12-10-9-11-13-15-17-24(34-30(40)41-31(5,6)7)29(39)35-19-22(20(2)3)21(4)25(35)27(37)33-23/h20,22-25H,4,8-19H2,1-3,5-7H3,(H,32,38)(H,33,37)(H,34,40)/t22-,23+,24+,25+/m1/s1. The molecule has 10 nitrogen and oxygen atoms in total. The zero-order valence-electron chi connectivity index (χ0n) is 26.0. The topological polar surface area (TPSA) is 134 Å². The summed E-state index contributed by atoms with van der Waals surface area (Å²) in [6.45, 7) is 16.0. The number of Topliss-reactive ketones (excluding diaryl/α,β-unsaturated/α-hetero) is 1. The van der Waals surface area contributed by atoms with Crippen LogP contribution in [0.1, 0.15) is 106 Å². The van der Waals surface area contributed by atoms with E-state index >= 15 is 0 Å². The van der Waals surface area contributed by atoms with Gasteiger partial charge in [-0.2, -0.15) is 0 Å². The molecule has 0 saturated carbocycles. The number of ether oxygens (including phenoxy) is 1. The minimum Gasteiger partial charge on any atom is -0.444 e. The molecule has 2 rings (SSSR count). The van der Waals surface area contributed by atoms with Gasteiger partial charge in [0.15, 0.2) is 0 Å². The van der Waals surface area contributed by atoms with Crippen molar-refractivity contribution in [2.75, 3.05) is 13.1 Å². The van der Waals surface area contributed by atoms with Crippen LogP contribution in [0.3, 0.4) is 0 Å². The molecule has 0 unspecified atom stereocenters. The van der Waals surface area contributed by atoms with Crippen LogP contribution in [-0.2, 0) is 23.9 Å². The summed E-state index contributed by atoms with van der Waals surface area (Å²) in [6.07, 6.45) is 6.95. The maximum atomic E-state index is 14.0. The van der Waals surface area contributed by atoms with Crippen LogP contribution in [0, 0.1) is 11.8 Å². The molecule has 2 saturated heterocycles. The second-order valence-electron chi connectivity index (χ2n) is 12.8. The first-order valence-electron chi connectivity index (χ1n) is 15.4. The Balaban J connectivity index is 2.41. The quantitative estimate of drug-likeness (QED) is 0.323. The van der Waals surface area contributed by atoms with E-state index in [0.717, 1.165) is 38.5 Å². The highest BCUT2D eigenvalue weighted by molar-refractivity contribution is 6.38. The van der Waals surface area contributed by atoms with Crippen LogP contribution in [0.15, 0.2) is 12.2 Å². The van der Waals surface area contributed by atoms with Crippen LogP contribution in [0.25, 0.3) is 0 Å². The number of nitrogens with zero attached hydrogens (tertiary/aromatic N) is 1. The van der Waals surface area contributed by atoms with E-state index in [1.165, 1.54) is 4.90 Å². The molecule has 2 fully saturated rings. The second kappa shape index (κ2) is 15.9. The number of fused-ring (bicyclic) bond motifs is 1. The molecule has 2 aliphatic rings. The summed E-state index contributed by atoms with van der Waals surface area (Å²) in [7, 11) is 0. The first-order chi connectivity index (χ1) is 19.3. The number of carbonyl (C=O) groups is 5. The fourth-order valence-electron chi connectivity index (χ4n) is 5.50. The van der Waals surface area contributed by atoms with Crippen LogP contribution in [0.5, 0.6) is 0 Å². The summed E-state index contributed by atoms with van der Waals surface area (Å²) in [5.74, 6) is -2.34. The predicted octanol–water partition coefficient (Wildman–Crippen LogP) is 4.02. The van der Waals surface area contributed by atoms with Gasteiger partial charge in [0.2, 0.25) is 17.6 Å². The maximum absolute atomic E-state index is 14.0. The van der Waals surface area contributed by atoms with Crippen LogP contribution < -0.4 is 16.0 Å². The van der Waals surface area contributed by atoms with E-state index < -0.39 is 47.4 Å². The normalized spacial score (nSPS) is 25.3. The van der Waals surface area contributed by atoms with Crippen LogP contribution in [-0.4, -0.2) is 71.3 Å². The molecule has 3 N–H and O–H groups in total. The highest BCUT2D eigenvalue weighted by atomic mass is 16.6. The Kier molecular flexibility index (Phi) is 13.3. The van der Waals surface area contributed by atoms with Gasteiger partial charge in [-0.05, 0) is 51.5 Å². The summed E-state index contributed by atoms with van der Waals surface area (Å²) >= 11 is 0. The van der Waals surface area contributed by atoms with Gasteiger partial charge in [-0.25, -0.2) is 4.79 Å². The molecule has 4 atom stereocenters. The third kappa shape index (κ3) is 10.5. The van der Waals surface area contributed by atoms with E-state index in [0.29, 0.717) is 37.8 Å². The second-order valence-corrected chi connectivity index (χ2v) is 12.8. The summed E-state index contributed by atoms with van der Waals surface area (Å²) in [5, 5.41) is 8.18. The number of ketones is 1. The van der Waals surface area contributed by atoms with Crippen molar-refractivity contribution in [1.82, 2.24) is 20.9 Å². The Labute approximate surface area is 245 Å². The van der Waals surface area contributed by atoms with Crippen molar-refractivity contribution in [2.45, 2.75) is 129 Å². The molecule has 10 heteroatoms. The van der Waals surface area contributed by atoms with Crippen molar-refractivity contribution in [3.05, 3.63) is 12.2 Å². The largest absolute Gasteiger partial charge is 0.444 e. The lowest BCUT2D eigenvalue weighted by molar-refractivity contribution is -0.142. The lowest BCUT2D eigenvalue weighted by atomic mass is 9.89. The van der Waals surface area contributed by atoms with Gasteiger partial charge in [-0.3, -0.25) is 19.2 Å². The lowest BCUT2D eigenvalue weighted by Crippen LogP contribution is -2.56. The van der Waals surface area contributed by atoms with Crippen LogP contribution >= 0.6 is 0 Å². The molecule has 0 aliphatic carbocycles. The van der Waals surface area contributed by atoms with Gasteiger partial charge < -0.3 is 25.6 Å².